The first-order valence-electron chi connectivity index (χ1n) is 8.10. The molecule has 0 unspecified atom stereocenters. The highest BCUT2D eigenvalue weighted by Crippen LogP contribution is 2.30. The summed E-state index contributed by atoms with van der Waals surface area (Å²) in [6.07, 6.45) is 1.96. The Kier molecular flexibility index (Phi) is 5.60. The fourth-order valence-corrected chi connectivity index (χ4v) is 3.27. The van der Waals surface area contributed by atoms with Gasteiger partial charge >= 0.3 is 5.69 Å². The number of aromatic nitrogens is 4. The number of nitrogens with zero attached hydrogens (tertiary/aromatic N) is 3. The van der Waals surface area contributed by atoms with Crippen LogP contribution in [-0.2, 0) is 12.3 Å². The Morgan fingerprint density at radius 2 is 2.20 bits per heavy atom. The Labute approximate surface area is 149 Å². The molecule has 0 radical (unpaired) electrons. The molecular formula is C17H20N4O3S. The Balaban J connectivity index is 1.72. The van der Waals surface area contributed by atoms with Gasteiger partial charge in [-0.05, 0) is 18.6 Å². The van der Waals surface area contributed by atoms with Crippen LogP contribution >= 0.6 is 11.8 Å². The molecule has 1 aromatic carbocycles. The van der Waals surface area contributed by atoms with Gasteiger partial charge in [0, 0.05) is 18.2 Å². The molecule has 0 aliphatic heterocycles. The summed E-state index contributed by atoms with van der Waals surface area (Å²) in [6, 6.07) is 9.54. The SMILES string of the molecule is CCCCn1c(SCc2cc(-c3ccccc3OC)no2)n[nH]c1=O. The van der Waals surface area contributed by atoms with Crippen molar-refractivity contribution >= 4 is 11.8 Å². The highest BCUT2D eigenvalue weighted by Gasteiger charge is 2.13. The summed E-state index contributed by atoms with van der Waals surface area (Å²) in [4.78, 5) is 11.8. The van der Waals surface area contributed by atoms with E-state index in [-0.39, 0.29) is 5.69 Å². The monoisotopic (exact) mass is 360 g/mol. The average Bonchev–Trinajstić information content (AvgIpc) is 3.25. The topological polar surface area (TPSA) is 85.9 Å². The molecule has 0 aliphatic carbocycles. The molecule has 0 fully saturated rings. The minimum Gasteiger partial charge on any atom is -0.496 e. The van der Waals surface area contributed by atoms with E-state index < -0.39 is 0 Å². The maximum absolute atomic E-state index is 11.8. The van der Waals surface area contributed by atoms with Gasteiger partial charge in [-0.3, -0.25) is 4.57 Å². The lowest BCUT2D eigenvalue weighted by atomic mass is 10.1. The van der Waals surface area contributed by atoms with E-state index in [9.17, 15) is 4.79 Å². The predicted octanol–water partition coefficient (Wildman–Crippen LogP) is 3.33. The summed E-state index contributed by atoms with van der Waals surface area (Å²) >= 11 is 1.45. The van der Waals surface area contributed by atoms with Crippen LogP contribution < -0.4 is 10.4 Å². The molecule has 3 aromatic rings. The van der Waals surface area contributed by atoms with E-state index in [0.717, 1.165) is 29.8 Å². The molecule has 2 heterocycles. The third kappa shape index (κ3) is 3.96. The van der Waals surface area contributed by atoms with Crippen molar-refractivity contribution in [1.82, 2.24) is 19.9 Å². The molecule has 0 bridgehead atoms. The predicted molar refractivity (Wildman–Crippen MR) is 95.8 cm³/mol. The highest BCUT2D eigenvalue weighted by molar-refractivity contribution is 7.98. The number of methoxy groups -OCH3 is 1. The van der Waals surface area contributed by atoms with Crippen molar-refractivity contribution < 1.29 is 9.26 Å². The number of H-pyrrole nitrogens is 1. The number of para-hydroxylation sites is 1. The van der Waals surface area contributed by atoms with Crippen LogP contribution in [0.1, 0.15) is 25.5 Å². The fourth-order valence-electron chi connectivity index (χ4n) is 2.43. The van der Waals surface area contributed by atoms with E-state index in [0.29, 0.717) is 23.2 Å². The third-order valence-corrected chi connectivity index (χ3v) is 4.74. The smallest absolute Gasteiger partial charge is 0.343 e. The van der Waals surface area contributed by atoms with Gasteiger partial charge in [0.05, 0.1) is 12.9 Å². The average molecular weight is 360 g/mol. The number of hydrogen-bond donors (Lipinski definition) is 1. The molecule has 0 aliphatic rings. The van der Waals surface area contributed by atoms with Gasteiger partial charge in [-0.1, -0.05) is 42.4 Å². The van der Waals surface area contributed by atoms with Crippen molar-refractivity contribution in [3.63, 3.8) is 0 Å². The second-order valence-electron chi connectivity index (χ2n) is 5.48. The molecule has 3 rings (SSSR count). The minimum atomic E-state index is -0.178. The Morgan fingerprint density at radius 3 is 3.00 bits per heavy atom. The van der Waals surface area contributed by atoms with Crippen LogP contribution in [0.5, 0.6) is 5.75 Å². The Morgan fingerprint density at radius 1 is 1.36 bits per heavy atom. The van der Waals surface area contributed by atoms with Gasteiger partial charge in [-0.15, -0.1) is 5.10 Å². The van der Waals surface area contributed by atoms with Crippen molar-refractivity contribution in [2.24, 2.45) is 0 Å². The van der Waals surface area contributed by atoms with Gasteiger partial charge < -0.3 is 9.26 Å². The second kappa shape index (κ2) is 8.06. The molecule has 0 atom stereocenters. The molecule has 2 aromatic heterocycles. The van der Waals surface area contributed by atoms with Gasteiger partial charge in [0.2, 0.25) is 0 Å². The van der Waals surface area contributed by atoms with Crippen molar-refractivity contribution in [3.8, 4) is 17.0 Å². The number of aromatic amines is 1. The summed E-state index contributed by atoms with van der Waals surface area (Å²) in [6.45, 7) is 2.75. The van der Waals surface area contributed by atoms with Crippen LogP contribution in [0.15, 0.2) is 44.8 Å². The molecule has 1 N–H and O–H groups in total. The van der Waals surface area contributed by atoms with Crippen LogP contribution in [-0.4, -0.2) is 27.0 Å². The maximum atomic E-state index is 11.8. The Bertz CT molecular complexity index is 884. The molecule has 0 saturated heterocycles. The quantitative estimate of drug-likeness (QED) is 0.620. The van der Waals surface area contributed by atoms with Crippen LogP contribution in [0.3, 0.4) is 0 Å². The van der Waals surface area contributed by atoms with Crippen molar-refractivity contribution in [1.29, 1.82) is 0 Å². The fraction of sp³-hybridized carbons (Fsp3) is 0.353. The van der Waals surface area contributed by atoms with Crippen LogP contribution in [0.25, 0.3) is 11.3 Å². The second-order valence-corrected chi connectivity index (χ2v) is 6.43. The molecule has 7 nitrogen and oxygen atoms in total. The molecular weight excluding hydrogens is 340 g/mol. The van der Waals surface area contributed by atoms with Crippen LogP contribution in [0.4, 0.5) is 0 Å². The van der Waals surface area contributed by atoms with E-state index in [1.807, 2.05) is 30.3 Å². The molecule has 0 saturated carbocycles. The molecule has 8 heteroatoms. The van der Waals surface area contributed by atoms with E-state index >= 15 is 0 Å². The van der Waals surface area contributed by atoms with Crippen LogP contribution in [0.2, 0.25) is 0 Å². The van der Waals surface area contributed by atoms with Gasteiger partial charge in [0.1, 0.15) is 17.2 Å². The lowest BCUT2D eigenvalue weighted by Gasteiger charge is -2.04. The van der Waals surface area contributed by atoms with Gasteiger partial charge in [-0.2, -0.15) is 0 Å². The van der Waals surface area contributed by atoms with Crippen molar-refractivity contribution in [3.05, 3.63) is 46.6 Å². The summed E-state index contributed by atoms with van der Waals surface area (Å²) in [7, 11) is 1.63. The van der Waals surface area contributed by atoms with E-state index in [1.165, 1.54) is 11.8 Å². The lowest BCUT2D eigenvalue weighted by Crippen LogP contribution is -2.17. The standard InChI is InChI=1S/C17H20N4O3S/c1-3-4-9-21-16(22)18-19-17(21)25-11-12-10-14(20-24-12)13-7-5-6-8-15(13)23-2/h5-8,10H,3-4,9,11H2,1-2H3,(H,18,22). The zero-order valence-corrected chi connectivity index (χ0v) is 15.0. The first kappa shape index (κ1) is 17.3. The number of nitrogens with one attached hydrogen (secondary N) is 1. The summed E-state index contributed by atoms with van der Waals surface area (Å²) in [5, 5.41) is 11.4. The molecule has 0 spiro atoms. The van der Waals surface area contributed by atoms with Crippen LogP contribution in [0, 0.1) is 0 Å². The molecule has 25 heavy (non-hydrogen) atoms. The normalized spacial score (nSPS) is 11.0. The summed E-state index contributed by atoms with van der Waals surface area (Å²) in [5.41, 5.74) is 1.42. The van der Waals surface area contributed by atoms with Gasteiger partial charge in [-0.25, -0.2) is 9.89 Å². The van der Waals surface area contributed by atoms with E-state index in [4.69, 9.17) is 9.26 Å². The zero-order chi connectivity index (χ0) is 17.6. The summed E-state index contributed by atoms with van der Waals surface area (Å²) < 4.78 is 12.4. The minimum absolute atomic E-state index is 0.178. The highest BCUT2D eigenvalue weighted by atomic mass is 32.2. The number of thioether (sulfide) groups is 1. The first-order valence-corrected chi connectivity index (χ1v) is 9.08. The number of unbranched alkanes of at least 4 members (excludes halogenated alkanes) is 1. The number of hydrogen-bond acceptors (Lipinski definition) is 6. The Hall–Kier alpha value is -2.48. The largest absolute Gasteiger partial charge is 0.496 e. The van der Waals surface area contributed by atoms with Gasteiger partial charge in [0.15, 0.2) is 5.16 Å². The summed E-state index contributed by atoms with van der Waals surface area (Å²) in [5.74, 6) is 2.00. The number of rotatable bonds is 8. The maximum Gasteiger partial charge on any atom is 0.343 e. The first-order chi connectivity index (χ1) is 12.2. The van der Waals surface area contributed by atoms with Gasteiger partial charge in [0.25, 0.3) is 0 Å². The third-order valence-electron chi connectivity index (χ3n) is 3.74. The number of benzene rings is 1. The molecule has 132 valence electrons. The molecule has 0 amide bonds. The van der Waals surface area contributed by atoms with Crippen molar-refractivity contribution in [2.45, 2.75) is 37.2 Å². The zero-order valence-electron chi connectivity index (χ0n) is 14.2. The number of ether oxygens (including phenoxy) is 1. The van der Waals surface area contributed by atoms with E-state index in [2.05, 4.69) is 22.3 Å². The van der Waals surface area contributed by atoms with Crippen molar-refractivity contribution in [2.75, 3.05) is 7.11 Å². The van der Waals surface area contributed by atoms with E-state index in [1.54, 1.807) is 11.7 Å². The lowest BCUT2D eigenvalue weighted by molar-refractivity contribution is 0.395.